The Morgan fingerprint density at radius 2 is 2.14 bits per heavy atom. The monoisotopic (exact) mass is 335 g/mol. The summed E-state index contributed by atoms with van der Waals surface area (Å²) >= 11 is 6.14. The number of sulfonamides is 1. The second-order valence-electron chi connectivity index (χ2n) is 4.80. The number of ether oxygens (including phenoxy) is 1. The maximum absolute atomic E-state index is 11.3. The second kappa shape index (κ2) is 8.43. The van der Waals surface area contributed by atoms with E-state index in [0.717, 1.165) is 19.1 Å². The van der Waals surface area contributed by atoms with Crippen LogP contribution < -0.4 is 15.8 Å². The Hall–Kier alpha value is -1.02. The van der Waals surface area contributed by atoms with E-state index in [1.54, 1.807) is 25.3 Å². The van der Waals surface area contributed by atoms with Crippen LogP contribution in [0.4, 0.5) is 11.4 Å². The molecule has 0 fully saturated rings. The summed E-state index contributed by atoms with van der Waals surface area (Å²) in [6.45, 7) is 1.12. The van der Waals surface area contributed by atoms with Gasteiger partial charge in [0, 0.05) is 13.2 Å². The minimum Gasteiger partial charge on any atom is -0.383 e. The molecule has 0 aromatic heterocycles. The molecule has 0 heterocycles. The lowest BCUT2D eigenvalue weighted by atomic mass is 10.1. The first-order chi connectivity index (χ1) is 9.85. The zero-order valence-corrected chi connectivity index (χ0v) is 13.8. The molecule has 1 aromatic carbocycles. The number of nitrogens with one attached hydrogen (secondary N) is 2. The molecule has 0 saturated carbocycles. The zero-order chi connectivity index (χ0) is 15.9. The van der Waals surface area contributed by atoms with Gasteiger partial charge in [-0.1, -0.05) is 11.6 Å². The molecule has 0 aliphatic carbocycles. The van der Waals surface area contributed by atoms with Crippen LogP contribution in [0.25, 0.3) is 0 Å². The van der Waals surface area contributed by atoms with Crippen molar-refractivity contribution in [1.29, 1.82) is 0 Å². The first-order valence-corrected chi connectivity index (χ1v) is 8.85. The van der Waals surface area contributed by atoms with Crippen LogP contribution in [0.2, 0.25) is 5.02 Å². The first-order valence-electron chi connectivity index (χ1n) is 6.58. The highest BCUT2D eigenvalue weighted by Crippen LogP contribution is 2.27. The molecule has 0 bridgehead atoms. The average Bonchev–Trinajstić information content (AvgIpc) is 2.38. The highest BCUT2D eigenvalue weighted by molar-refractivity contribution is 7.92. The Morgan fingerprint density at radius 1 is 1.43 bits per heavy atom. The van der Waals surface area contributed by atoms with Gasteiger partial charge in [0.2, 0.25) is 10.0 Å². The smallest absolute Gasteiger partial charge is 0.229 e. The van der Waals surface area contributed by atoms with Crippen LogP contribution in [0.15, 0.2) is 18.2 Å². The van der Waals surface area contributed by atoms with Crippen molar-refractivity contribution in [3.63, 3.8) is 0 Å². The zero-order valence-electron chi connectivity index (χ0n) is 12.2. The van der Waals surface area contributed by atoms with Crippen molar-refractivity contribution in [2.45, 2.75) is 18.9 Å². The summed E-state index contributed by atoms with van der Waals surface area (Å²) < 4.78 is 30.1. The fourth-order valence-electron chi connectivity index (χ4n) is 1.90. The van der Waals surface area contributed by atoms with Gasteiger partial charge in [0.1, 0.15) is 0 Å². The van der Waals surface area contributed by atoms with Gasteiger partial charge in [-0.3, -0.25) is 4.72 Å². The Balaban J connectivity index is 2.86. The van der Waals surface area contributed by atoms with Gasteiger partial charge in [-0.05, 0) is 37.6 Å². The topological polar surface area (TPSA) is 93.4 Å². The summed E-state index contributed by atoms with van der Waals surface area (Å²) in [5.74, 6) is 0. The summed E-state index contributed by atoms with van der Waals surface area (Å²) in [5, 5.41) is 3.78. The Labute approximate surface area is 131 Å². The number of nitrogens with two attached hydrogens (primary N) is 1. The normalized spacial score (nSPS) is 13.0. The number of hydrogen-bond acceptors (Lipinski definition) is 5. The van der Waals surface area contributed by atoms with Crippen molar-refractivity contribution in [2.24, 2.45) is 5.73 Å². The lowest BCUT2D eigenvalue weighted by Crippen LogP contribution is -2.26. The van der Waals surface area contributed by atoms with Gasteiger partial charge in [0.25, 0.3) is 0 Å². The molecule has 0 amide bonds. The summed E-state index contributed by atoms with van der Waals surface area (Å²) in [6, 6.07) is 4.97. The predicted octanol–water partition coefficient (Wildman–Crippen LogP) is 1.88. The molecule has 21 heavy (non-hydrogen) atoms. The largest absolute Gasteiger partial charge is 0.383 e. The van der Waals surface area contributed by atoms with Gasteiger partial charge in [-0.2, -0.15) is 0 Å². The SMILES string of the molecule is COCC(CCCN)Nc1cc(NS(C)(=O)=O)ccc1Cl. The van der Waals surface area contributed by atoms with Crippen molar-refractivity contribution in [2.75, 3.05) is 36.6 Å². The van der Waals surface area contributed by atoms with Gasteiger partial charge >= 0.3 is 0 Å². The number of halogens is 1. The van der Waals surface area contributed by atoms with E-state index in [-0.39, 0.29) is 6.04 Å². The van der Waals surface area contributed by atoms with E-state index < -0.39 is 10.0 Å². The highest BCUT2D eigenvalue weighted by Gasteiger charge is 2.11. The highest BCUT2D eigenvalue weighted by atomic mass is 35.5. The van der Waals surface area contributed by atoms with Crippen molar-refractivity contribution in [3.8, 4) is 0 Å². The molecular formula is C13H22ClN3O3S. The molecule has 0 saturated heterocycles. The van der Waals surface area contributed by atoms with Crippen LogP contribution in [0.5, 0.6) is 0 Å². The lowest BCUT2D eigenvalue weighted by Gasteiger charge is -2.20. The molecule has 4 N–H and O–H groups in total. The molecule has 1 aromatic rings. The molecule has 1 rings (SSSR count). The van der Waals surface area contributed by atoms with Crippen molar-refractivity contribution in [1.82, 2.24) is 0 Å². The van der Waals surface area contributed by atoms with E-state index in [1.165, 1.54) is 0 Å². The van der Waals surface area contributed by atoms with Gasteiger partial charge < -0.3 is 15.8 Å². The van der Waals surface area contributed by atoms with Crippen LogP contribution in [0.1, 0.15) is 12.8 Å². The van der Waals surface area contributed by atoms with E-state index in [9.17, 15) is 8.42 Å². The van der Waals surface area contributed by atoms with E-state index in [2.05, 4.69) is 10.0 Å². The molecule has 8 heteroatoms. The van der Waals surface area contributed by atoms with Crippen LogP contribution in [0, 0.1) is 0 Å². The van der Waals surface area contributed by atoms with E-state index in [1.807, 2.05) is 0 Å². The van der Waals surface area contributed by atoms with Crippen LogP contribution in [-0.2, 0) is 14.8 Å². The van der Waals surface area contributed by atoms with Gasteiger partial charge in [-0.25, -0.2) is 8.42 Å². The van der Waals surface area contributed by atoms with Crippen molar-refractivity contribution in [3.05, 3.63) is 23.2 Å². The van der Waals surface area contributed by atoms with E-state index in [0.29, 0.717) is 29.5 Å². The number of benzene rings is 1. The standard InChI is InChI=1S/C13H22ClN3O3S/c1-20-9-11(4-3-7-15)16-13-8-10(5-6-12(13)14)17-21(2,18)19/h5-6,8,11,16-17H,3-4,7,9,15H2,1-2H3. The molecular weight excluding hydrogens is 314 g/mol. The molecule has 0 aliphatic heterocycles. The molecule has 0 radical (unpaired) electrons. The summed E-state index contributed by atoms with van der Waals surface area (Å²) in [4.78, 5) is 0. The van der Waals surface area contributed by atoms with Gasteiger partial charge in [0.05, 0.1) is 29.3 Å². The van der Waals surface area contributed by atoms with Crippen molar-refractivity contribution < 1.29 is 13.2 Å². The molecule has 0 aliphatic rings. The predicted molar refractivity (Wildman–Crippen MR) is 87.5 cm³/mol. The quantitative estimate of drug-likeness (QED) is 0.640. The van der Waals surface area contributed by atoms with E-state index in [4.69, 9.17) is 22.1 Å². The number of anilines is 2. The average molecular weight is 336 g/mol. The first kappa shape index (κ1) is 18.0. The van der Waals surface area contributed by atoms with Gasteiger partial charge in [-0.15, -0.1) is 0 Å². The summed E-state index contributed by atoms with van der Waals surface area (Å²) in [6.07, 6.45) is 2.80. The molecule has 0 spiro atoms. The lowest BCUT2D eigenvalue weighted by molar-refractivity contribution is 0.182. The fraction of sp³-hybridized carbons (Fsp3) is 0.538. The second-order valence-corrected chi connectivity index (χ2v) is 6.95. The van der Waals surface area contributed by atoms with Crippen molar-refractivity contribution >= 4 is 33.0 Å². The minimum absolute atomic E-state index is 0.0598. The minimum atomic E-state index is -3.32. The number of methoxy groups -OCH3 is 1. The Kier molecular flexibility index (Phi) is 7.24. The maximum atomic E-state index is 11.3. The fourth-order valence-corrected chi connectivity index (χ4v) is 2.62. The third-order valence-electron chi connectivity index (χ3n) is 2.75. The molecule has 120 valence electrons. The van der Waals surface area contributed by atoms with Crippen LogP contribution >= 0.6 is 11.6 Å². The van der Waals surface area contributed by atoms with Crippen LogP contribution in [-0.4, -0.2) is 41.0 Å². The third-order valence-corrected chi connectivity index (χ3v) is 3.69. The molecule has 1 unspecified atom stereocenters. The van der Waals surface area contributed by atoms with Gasteiger partial charge in [0.15, 0.2) is 0 Å². The summed E-state index contributed by atoms with van der Waals surface area (Å²) in [7, 11) is -1.70. The molecule has 6 nitrogen and oxygen atoms in total. The maximum Gasteiger partial charge on any atom is 0.229 e. The third kappa shape index (κ3) is 6.99. The number of hydrogen-bond donors (Lipinski definition) is 3. The van der Waals surface area contributed by atoms with E-state index >= 15 is 0 Å². The summed E-state index contributed by atoms with van der Waals surface area (Å²) in [5.41, 5.74) is 6.63. The Morgan fingerprint density at radius 3 is 2.71 bits per heavy atom. The molecule has 1 atom stereocenters. The number of rotatable bonds is 9. The van der Waals surface area contributed by atoms with Crippen LogP contribution in [0.3, 0.4) is 0 Å². The Bertz CT molecular complexity index is 552.